The second-order valence-electron chi connectivity index (χ2n) is 5.66. The number of aromatic nitrogens is 1. The molecule has 0 saturated carbocycles. The number of pyridine rings is 1. The van der Waals surface area contributed by atoms with Crippen molar-refractivity contribution in [1.29, 1.82) is 0 Å². The summed E-state index contributed by atoms with van der Waals surface area (Å²) in [5.41, 5.74) is 2.06. The Morgan fingerprint density at radius 1 is 1.28 bits per heavy atom. The number of hydrogen-bond acceptors (Lipinski definition) is 3. The number of hydrogen-bond donors (Lipinski definition) is 1. The summed E-state index contributed by atoms with van der Waals surface area (Å²) in [6.07, 6.45) is 2.30. The third-order valence-electron chi connectivity index (χ3n) is 4.24. The Morgan fingerprint density at radius 2 is 2.04 bits per heavy atom. The molecule has 2 heterocycles. The maximum atomic E-state index is 12.9. The summed E-state index contributed by atoms with van der Waals surface area (Å²) >= 11 is 6.24. The molecule has 3 rings (SSSR count). The second kappa shape index (κ2) is 7.11. The molecule has 1 fully saturated rings. The zero-order valence-electron chi connectivity index (χ0n) is 14.1. The molecule has 6 nitrogen and oxygen atoms in total. The van der Waals surface area contributed by atoms with E-state index in [1.165, 1.54) is 0 Å². The van der Waals surface area contributed by atoms with Gasteiger partial charge in [0.2, 0.25) is 0 Å². The first-order valence-electron chi connectivity index (χ1n) is 8.11. The first-order chi connectivity index (χ1) is 12.1. The number of amides is 3. The summed E-state index contributed by atoms with van der Waals surface area (Å²) in [5, 5.41) is 3.20. The number of rotatable bonds is 4. The van der Waals surface area contributed by atoms with E-state index in [1.54, 1.807) is 47.3 Å². The summed E-state index contributed by atoms with van der Waals surface area (Å²) in [4.78, 5) is 32.4. The van der Waals surface area contributed by atoms with Crippen molar-refractivity contribution in [2.24, 2.45) is 0 Å². The van der Waals surface area contributed by atoms with E-state index >= 15 is 0 Å². The van der Waals surface area contributed by atoms with Crippen molar-refractivity contribution in [3.63, 3.8) is 0 Å². The van der Waals surface area contributed by atoms with E-state index in [0.29, 0.717) is 41.6 Å². The molecule has 0 bridgehead atoms. The van der Waals surface area contributed by atoms with Crippen LogP contribution in [0.2, 0.25) is 5.02 Å². The predicted octanol–water partition coefficient (Wildman–Crippen LogP) is 3.10. The molecule has 0 spiro atoms. The van der Waals surface area contributed by atoms with Crippen LogP contribution in [-0.2, 0) is 6.42 Å². The van der Waals surface area contributed by atoms with Crippen LogP contribution in [0.5, 0.6) is 0 Å². The van der Waals surface area contributed by atoms with Crippen LogP contribution in [0, 0.1) is 0 Å². The maximum Gasteiger partial charge on any atom is 0.330 e. The Balaban J connectivity index is 1.91. The van der Waals surface area contributed by atoms with Crippen molar-refractivity contribution in [3.05, 3.63) is 52.7 Å². The fourth-order valence-electron chi connectivity index (χ4n) is 2.95. The van der Waals surface area contributed by atoms with E-state index in [4.69, 9.17) is 11.6 Å². The molecule has 130 valence electrons. The molecule has 7 heteroatoms. The molecule has 1 N–H and O–H groups in total. The van der Waals surface area contributed by atoms with E-state index in [-0.39, 0.29) is 11.9 Å². The SMILES string of the molecule is CCc1c(Cl)ccnc1N1CCN(c2cccc(C(=O)NC)c2)C1=O. The minimum Gasteiger partial charge on any atom is -0.355 e. The molecule has 1 aromatic carbocycles. The molecule has 1 aliphatic heterocycles. The zero-order chi connectivity index (χ0) is 18.0. The van der Waals surface area contributed by atoms with Gasteiger partial charge < -0.3 is 5.32 Å². The van der Waals surface area contributed by atoms with Crippen LogP contribution in [0.1, 0.15) is 22.8 Å². The van der Waals surface area contributed by atoms with Crippen molar-refractivity contribution in [3.8, 4) is 0 Å². The number of halogens is 1. The van der Waals surface area contributed by atoms with Gasteiger partial charge in [0.15, 0.2) is 0 Å². The molecule has 2 aromatic rings. The smallest absolute Gasteiger partial charge is 0.330 e. The first kappa shape index (κ1) is 17.2. The van der Waals surface area contributed by atoms with Crippen LogP contribution in [0.4, 0.5) is 16.3 Å². The lowest BCUT2D eigenvalue weighted by molar-refractivity contribution is 0.0963. The minimum absolute atomic E-state index is 0.168. The predicted molar refractivity (Wildman–Crippen MR) is 98.5 cm³/mol. The average Bonchev–Trinajstić information content (AvgIpc) is 3.02. The van der Waals surface area contributed by atoms with Gasteiger partial charge in [0, 0.05) is 48.2 Å². The molecule has 1 aromatic heterocycles. The van der Waals surface area contributed by atoms with Crippen molar-refractivity contribution >= 4 is 35.0 Å². The molecule has 0 aliphatic carbocycles. The van der Waals surface area contributed by atoms with Gasteiger partial charge in [-0.3, -0.25) is 14.6 Å². The third-order valence-corrected chi connectivity index (χ3v) is 4.60. The number of nitrogens with zero attached hydrogens (tertiary/aromatic N) is 3. The molecule has 0 unspecified atom stereocenters. The highest BCUT2D eigenvalue weighted by Crippen LogP contribution is 2.30. The van der Waals surface area contributed by atoms with Crippen LogP contribution in [-0.4, -0.2) is 37.1 Å². The number of carbonyl (C=O) groups excluding carboxylic acids is 2. The second-order valence-corrected chi connectivity index (χ2v) is 6.07. The summed E-state index contributed by atoms with van der Waals surface area (Å²) in [5.74, 6) is 0.417. The van der Waals surface area contributed by atoms with Gasteiger partial charge in [-0.2, -0.15) is 0 Å². The van der Waals surface area contributed by atoms with Crippen LogP contribution >= 0.6 is 11.6 Å². The molecule has 1 saturated heterocycles. The molecule has 3 amide bonds. The highest BCUT2D eigenvalue weighted by Gasteiger charge is 2.33. The summed E-state index contributed by atoms with van der Waals surface area (Å²) in [7, 11) is 1.58. The number of nitrogens with one attached hydrogen (secondary N) is 1. The van der Waals surface area contributed by atoms with E-state index in [1.807, 2.05) is 13.0 Å². The number of benzene rings is 1. The molecule has 1 aliphatic rings. The summed E-state index contributed by atoms with van der Waals surface area (Å²) in [6, 6.07) is 8.58. The van der Waals surface area contributed by atoms with E-state index in [2.05, 4.69) is 10.3 Å². The van der Waals surface area contributed by atoms with Gasteiger partial charge in [-0.05, 0) is 30.7 Å². The summed E-state index contributed by atoms with van der Waals surface area (Å²) in [6.45, 7) is 3.02. The van der Waals surface area contributed by atoms with Gasteiger partial charge in [-0.25, -0.2) is 9.78 Å². The van der Waals surface area contributed by atoms with E-state index in [0.717, 1.165) is 5.56 Å². The van der Waals surface area contributed by atoms with E-state index in [9.17, 15) is 9.59 Å². The Morgan fingerprint density at radius 3 is 2.76 bits per heavy atom. The molecular weight excluding hydrogens is 340 g/mol. The molecular formula is C18H19ClN4O2. The van der Waals surface area contributed by atoms with Crippen molar-refractivity contribution in [2.75, 3.05) is 29.9 Å². The molecule has 0 radical (unpaired) electrons. The van der Waals surface area contributed by atoms with Gasteiger partial charge in [0.25, 0.3) is 5.91 Å². The van der Waals surface area contributed by atoms with Gasteiger partial charge >= 0.3 is 6.03 Å². The lowest BCUT2D eigenvalue weighted by Gasteiger charge is -2.20. The number of urea groups is 1. The lowest BCUT2D eigenvalue weighted by Crippen LogP contribution is -2.33. The Kier molecular flexibility index (Phi) is 4.90. The monoisotopic (exact) mass is 358 g/mol. The fraction of sp³-hybridized carbons (Fsp3) is 0.278. The highest BCUT2D eigenvalue weighted by molar-refractivity contribution is 6.31. The maximum absolute atomic E-state index is 12.9. The van der Waals surface area contributed by atoms with E-state index < -0.39 is 0 Å². The van der Waals surface area contributed by atoms with Crippen LogP contribution in [0.15, 0.2) is 36.5 Å². The zero-order valence-corrected chi connectivity index (χ0v) is 14.9. The Labute approximate surface area is 151 Å². The van der Waals surface area contributed by atoms with Crippen molar-refractivity contribution in [1.82, 2.24) is 10.3 Å². The van der Waals surface area contributed by atoms with Gasteiger partial charge in [0.05, 0.1) is 0 Å². The molecule has 25 heavy (non-hydrogen) atoms. The topological polar surface area (TPSA) is 65.5 Å². The fourth-order valence-corrected chi connectivity index (χ4v) is 3.23. The Hall–Kier alpha value is -2.60. The van der Waals surface area contributed by atoms with Crippen molar-refractivity contribution in [2.45, 2.75) is 13.3 Å². The highest BCUT2D eigenvalue weighted by atomic mass is 35.5. The third kappa shape index (κ3) is 3.17. The average molecular weight is 359 g/mol. The van der Waals surface area contributed by atoms with Crippen molar-refractivity contribution < 1.29 is 9.59 Å². The van der Waals surface area contributed by atoms with Gasteiger partial charge in [-0.1, -0.05) is 24.6 Å². The van der Waals surface area contributed by atoms with Crippen LogP contribution in [0.3, 0.4) is 0 Å². The number of carbonyl (C=O) groups is 2. The Bertz CT molecular complexity index is 824. The first-order valence-corrected chi connectivity index (χ1v) is 8.49. The largest absolute Gasteiger partial charge is 0.355 e. The standard InChI is InChI=1S/C18H19ClN4O2/c1-3-14-15(19)7-8-21-16(14)23-10-9-22(18(23)25)13-6-4-5-12(11-13)17(24)20-2/h4-8,11H,3,9-10H2,1-2H3,(H,20,24). The lowest BCUT2D eigenvalue weighted by atomic mass is 10.2. The van der Waals surface area contributed by atoms with Crippen LogP contribution in [0.25, 0.3) is 0 Å². The quantitative estimate of drug-likeness (QED) is 0.913. The van der Waals surface area contributed by atoms with Gasteiger partial charge in [0.1, 0.15) is 5.82 Å². The number of anilines is 2. The summed E-state index contributed by atoms with van der Waals surface area (Å²) < 4.78 is 0. The molecule has 0 atom stereocenters. The normalized spacial score (nSPS) is 14.1. The van der Waals surface area contributed by atoms with Crippen LogP contribution < -0.4 is 15.1 Å². The minimum atomic E-state index is -0.185. The van der Waals surface area contributed by atoms with Gasteiger partial charge in [-0.15, -0.1) is 0 Å².